The fraction of sp³-hybridized carbons (Fsp3) is 0.560. The molecule has 178 valence electrons. The van der Waals surface area contributed by atoms with E-state index in [-0.39, 0.29) is 24.4 Å². The lowest BCUT2D eigenvalue weighted by atomic mass is 10.0. The molecule has 1 rings (SSSR count). The van der Waals surface area contributed by atoms with E-state index in [0.29, 0.717) is 18.5 Å². The monoisotopic (exact) mass is 445 g/mol. The quantitative estimate of drug-likeness (QED) is 0.527. The van der Waals surface area contributed by atoms with E-state index in [0.717, 1.165) is 18.4 Å². The minimum absolute atomic E-state index is 0.0175. The molecular formula is C25H39N3O4. The predicted octanol–water partition coefficient (Wildman–Crippen LogP) is 4.44. The molecule has 0 heterocycles. The van der Waals surface area contributed by atoms with Gasteiger partial charge in [0.05, 0.1) is 0 Å². The first-order valence-corrected chi connectivity index (χ1v) is 11.3. The van der Waals surface area contributed by atoms with Crippen molar-refractivity contribution in [3.05, 3.63) is 42.0 Å². The third kappa shape index (κ3) is 9.12. The topological polar surface area (TPSA) is 87.7 Å². The number of alkyl carbamates (subject to hydrolysis) is 1. The molecule has 0 aliphatic rings. The van der Waals surface area contributed by atoms with Crippen LogP contribution in [0.1, 0.15) is 78.0 Å². The number of carbonyl (C=O) groups is 3. The summed E-state index contributed by atoms with van der Waals surface area (Å²) in [6, 6.07) is 6.59. The number of amides is 3. The fourth-order valence-electron chi connectivity index (χ4n) is 3.36. The Kier molecular flexibility index (Phi) is 11.0. The summed E-state index contributed by atoms with van der Waals surface area (Å²) in [6.45, 7) is 15.1. The smallest absolute Gasteiger partial charge is 0.408 e. The second-order valence-electron chi connectivity index (χ2n) is 8.92. The van der Waals surface area contributed by atoms with Gasteiger partial charge in [0.1, 0.15) is 18.2 Å². The maximum atomic E-state index is 13.3. The van der Waals surface area contributed by atoms with Crippen molar-refractivity contribution in [3.63, 3.8) is 0 Å². The van der Waals surface area contributed by atoms with Gasteiger partial charge < -0.3 is 20.3 Å². The van der Waals surface area contributed by atoms with Gasteiger partial charge in [-0.25, -0.2) is 4.79 Å². The highest BCUT2D eigenvalue weighted by molar-refractivity contribution is 5.90. The number of rotatable bonds is 11. The maximum Gasteiger partial charge on any atom is 0.408 e. The van der Waals surface area contributed by atoms with Gasteiger partial charge in [0.15, 0.2) is 0 Å². The van der Waals surface area contributed by atoms with Crippen LogP contribution in [0, 0.1) is 0 Å². The van der Waals surface area contributed by atoms with Crippen LogP contribution in [0.5, 0.6) is 0 Å². The molecule has 0 radical (unpaired) electrons. The molecule has 1 aromatic carbocycles. The Morgan fingerprint density at radius 1 is 1.19 bits per heavy atom. The third-order valence-electron chi connectivity index (χ3n) is 4.70. The SMILES string of the molecule is C=Cc1cccc(C(C(=O)NC(C)CCC)N(CCC)C(=O)CNC(=O)OC(C)(C)C)c1. The number of nitrogens with zero attached hydrogens (tertiary/aromatic N) is 1. The Hall–Kier alpha value is -2.83. The summed E-state index contributed by atoms with van der Waals surface area (Å²) >= 11 is 0. The molecule has 7 heteroatoms. The zero-order chi connectivity index (χ0) is 24.3. The van der Waals surface area contributed by atoms with Crippen molar-refractivity contribution < 1.29 is 19.1 Å². The lowest BCUT2D eigenvalue weighted by Gasteiger charge is -2.32. The normalized spacial score (nSPS) is 12.9. The summed E-state index contributed by atoms with van der Waals surface area (Å²) in [5.41, 5.74) is 0.888. The molecule has 0 aromatic heterocycles. The van der Waals surface area contributed by atoms with Gasteiger partial charge in [-0.2, -0.15) is 0 Å². The minimum atomic E-state index is -0.818. The van der Waals surface area contributed by atoms with Gasteiger partial charge in [-0.05, 0) is 57.7 Å². The van der Waals surface area contributed by atoms with E-state index >= 15 is 0 Å². The Balaban J connectivity index is 3.19. The summed E-state index contributed by atoms with van der Waals surface area (Å²) in [5.74, 6) is -0.601. The Labute approximate surface area is 192 Å². The molecule has 32 heavy (non-hydrogen) atoms. The largest absolute Gasteiger partial charge is 0.444 e. The van der Waals surface area contributed by atoms with Gasteiger partial charge in [0, 0.05) is 12.6 Å². The molecule has 0 aliphatic heterocycles. The molecule has 1 aromatic rings. The van der Waals surface area contributed by atoms with Crippen LogP contribution in [0.2, 0.25) is 0 Å². The van der Waals surface area contributed by atoms with E-state index < -0.39 is 17.7 Å². The van der Waals surface area contributed by atoms with Crippen LogP contribution in [0.25, 0.3) is 6.08 Å². The average molecular weight is 446 g/mol. The Bertz CT molecular complexity index is 786. The Morgan fingerprint density at radius 3 is 2.44 bits per heavy atom. The van der Waals surface area contributed by atoms with E-state index in [4.69, 9.17) is 4.74 Å². The summed E-state index contributed by atoms with van der Waals surface area (Å²) in [5, 5.41) is 5.54. The standard InChI is InChI=1S/C25H39N3O4/c1-8-12-18(4)27-23(30)22(20-14-11-13-19(10-3)16-20)28(15-9-2)21(29)17-26-24(31)32-25(5,6)7/h10-11,13-14,16,18,22H,3,8-9,12,15,17H2,1-2,4-7H3,(H,26,31)(H,27,30). The van der Waals surface area contributed by atoms with Crippen LogP contribution in [-0.2, 0) is 14.3 Å². The number of benzene rings is 1. The van der Waals surface area contributed by atoms with Crippen LogP contribution >= 0.6 is 0 Å². The number of nitrogens with one attached hydrogen (secondary N) is 2. The first kappa shape index (κ1) is 27.2. The second kappa shape index (κ2) is 12.9. The zero-order valence-corrected chi connectivity index (χ0v) is 20.4. The lowest BCUT2D eigenvalue weighted by molar-refractivity contribution is -0.140. The molecule has 0 saturated heterocycles. The maximum absolute atomic E-state index is 13.3. The highest BCUT2D eigenvalue weighted by Crippen LogP contribution is 2.24. The van der Waals surface area contributed by atoms with Crippen molar-refractivity contribution >= 4 is 24.0 Å². The molecular weight excluding hydrogens is 406 g/mol. The molecule has 7 nitrogen and oxygen atoms in total. The first-order valence-electron chi connectivity index (χ1n) is 11.3. The van der Waals surface area contributed by atoms with E-state index in [1.54, 1.807) is 26.8 Å². The molecule has 0 bridgehead atoms. The van der Waals surface area contributed by atoms with Gasteiger partial charge in [-0.1, -0.05) is 51.1 Å². The molecule has 2 atom stereocenters. The van der Waals surface area contributed by atoms with Gasteiger partial charge in [0.2, 0.25) is 11.8 Å². The molecule has 2 N–H and O–H groups in total. The van der Waals surface area contributed by atoms with E-state index in [9.17, 15) is 14.4 Å². The molecule has 0 fully saturated rings. The number of hydrogen-bond donors (Lipinski definition) is 2. The van der Waals surface area contributed by atoms with Crippen molar-refractivity contribution in [2.75, 3.05) is 13.1 Å². The molecule has 2 unspecified atom stereocenters. The average Bonchev–Trinajstić information content (AvgIpc) is 2.70. The highest BCUT2D eigenvalue weighted by atomic mass is 16.6. The second-order valence-corrected chi connectivity index (χ2v) is 8.92. The van der Waals surface area contributed by atoms with Crippen molar-refractivity contribution in [1.29, 1.82) is 0 Å². The zero-order valence-electron chi connectivity index (χ0n) is 20.4. The molecule has 0 saturated carbocycles. The van der Waals surface area contributed by atoms with Crippen LogP contribution in [0.3, 0.4) is 0 Å². The van der Waals surface area contributed by atoms with E-state index in [2.05, 4.69) is 24.1 Å². The van der Waals surface area contributed by atoms with Crippen molar-refractivity contribution in [2.45, 2.75) is 78.5 Å². The highest BCUT2D eigenvalue weighted by Gasteiger charge is 2.32. The summed E-state index contributed by atoms with van der Waals surface area (Å²) in [7, 11) is 0. The molecule has 0 aliphatic carbocycles. The van der Waals surface area contributed by atoms with Crippen LogP contribution in [0.4, 0.5) is 4.79 Å². The van der Waals surface area contributed by atoms with Crippen LogP contribution < -0.4 is 10.6 Å². The van der Waals surface area contributed by atoms with Gasteiger partial charge in [-0.15, -0.1) is 0 Å². The lowest BCUT2D eigenvalue weighted by Crippen LogP contribution is -2.49. The fourth-order valence-corrected chi connectivity index (χ4v) is 3.36. The third-order valence-corrected chi connectivity index (χ3v) is 4.70. The van der Waals surface area contributed by atoms with Gasteiger partial charge in [0.25, 0.3) is 0 Å². The molecule has 3 amide bonds. The minimum Gasteiger partial charge on any atom is -0.444 e. The summed E-state index contributed by atoms with van der Waals surface area (Å²) in [6.07, 6.45) is 3.47. The number of ether oxygens (including phenoxy) is 1. The molecule has 0 spiro atoms. The summed E-state index contributed by atoms with van der Waals surface area (Å²) in [4.78, 5) is 40.0. The predicted molar refractivity (Wildman–Crippen MR) is 128 cm³/mol. The van der Waals surface area contributed by atoms with Crippen LogP contribution in [-0.4, -0.2) is 47.5 Å². The van der Waals surface area contributed by atoms with E-state index in [1.807, 2.05) is 38.1 Å². The van der Waals surface area contributed by atoms with Gasteiger partial charge in [-0.3, -0.25) is 9.59 Å². The Morgan fingerprint density at radius 2 is 1.88 bits per heavy atom. The van der Waals surface area contributed by atoms with Crippen LogP contribution in [0.15, 0.2) is 30.8 Å². The number of carbonyl (C=O) groups excluding carboxylic acids is 3. The first-order chi connectivity index (χ1) is 15.0. The van der Waals surface area contributed by atoms with Crippen molar-refractivity contribution in [1.82, 2.24) is 15.5 Å². The van der Waals surface area contributed by atoms with Crippen molar-refractivity contribution in [3.8, 4) is 0 Å². The van der Waals surface area contributed by atoms with Gasteiger partial charge >= 0.3 is 6.09 Å². The van der Waals surface area contributed by atoms with Crippen molar-refractivity contribution in [2.24, 2.45) is 0 Å². The summed E-state index contributed by atoms with van der Waals surface area (Å²) < 4.78 is 5.22. The van der Waals surface area contributed by atoms with E-state index in [1.165, 1.54) is 4.90 Å². The number of hydrogen-bond acceptors (Lipinski definition) is 4.